The highest BCUT2D eigenvalue weighted by atomic mass is 16.6. The second-order valence-corrected chi connectivity index (χ2v) is 10.6. The number of nitrogens with one attached hydrogen (secondary N) is 1. The summed E-state index contributed by atoms with van der Waals surface area (Å²) in [7, 11) is 1.36. The molecule has 19 heteroatoms. The molecule has 2 unspecified atom stereocenters. The molecule has 0 saturated carbocycles. The Hall–Kier alpha value is -4.30. The number of nitrogens with two attached hydrogens (primary N) is 4. The molecule has 0 spiro atoms. The molecule has 0 bridgehead atoms. The number of carbonyl (C=O) groups excluding carboxylic acids is 3. The van der Waals surface area contributed by atoms with Crippen molar-refractivity contribution in [2.45, 2.75) is 106 Å². The van der Waals surface area contributed by atoms with Crippen LogP contribution in [0.2, 0.25) is 0 Å². The summed E-state index contributed by atoms with van der Waals surface area (Å²) in [4.78, 5) is 50.6. The molecule has 0 aliphatic heterocycles. The number of nitro groups is 1. The van der Waals surface area contributed by atoms with E-state index in [-0.39, 0.29) is 61.3 Å². The van der Waals surface area contributed by atoms with Crippen LogP contribution in [0, 0.1) is 10.1 Å². The third-order valence-corrected chi connectivity index (χ3v) is 6.49. The lowest BCUT2D eigenvalue weighted by Gasteiger charge is -2.20. The fourth-order valence-corrected chi connectivity index (χ4v) is 3.95. The van der Waals surface area contributed by atoms with Crippen molar-refractivity contribution < 1.29 is 52.5 Å². The van der Waals surface area contributed by atoms with Gasteiger partial charge in [0, 0.05) is 26.1 Å². The highest BCUT2D eigenvalue weighted by Crippen LogP contribution is 2.38. The zero-order valence-electron chi connectivity index (χ0n) is 36.0. The van der Waals surface area contributed by atoms with Gasteiger partial charge in [-0.15, -0.1) is 0 Å². The molecule has 0 saturated heterocycles. The number of guanidine groups is 1. The number of benzene rings is 1. The maximum absolute atomic E-state index is 12.7. The largest absolute Gasteiger partial charge is 0.493 e. The number of aliphatic imine (C=N–C) groups is 1. The van der Waals surface area contributed by atoms with E-state index in [4.69, 9.17) is 56.1 Å². The van der Waals surface area contributed by atoms with Crippen molar-refractivity contribution in [1.82, 2.24) is 5.32 Å². The number of amides is 1. The lowest BCUT2D eigenvalue weighted by Crippen LogP contribution is -2.42. The first-order valence-electron chi connectivity index (χ1n) is 19.8. The van der Waals surface area contributed by atoms with Crippen LogP contribution in [0.4, 0.5) is 10.5 Å². The normalized spacial score (nSPS) is 10.7. The van der Waals surface area contributed by atoms with E-state index < -0.39 is 29.1 Å². The van der Waals surface area contributed by atoms with E-state index in [2.05, 4.69) is 10.3 Å². The number of alkyl carbamates (subject to hydrolysis) is 1. The van der Waals surface area contributed by atoms with Gasteiger partial charge in [0.25, 0.3) is 5.69 Å². The average molecular weight is 822 g/mol. The first kappa shape index (κ1) is 59.4. The highest BCUT2D eigenvalue weighted by molar-refractivity contribution is 5.81. The third kappa shape index (κ3) is 33.5. The van der Waals surface area contributed by atoms with E-state index in [9.17, 15) is 24.5 Å². The van der Waals surface area contributed by atoms with E-state index in [0.29, 0.717) is 72.0 Å². The minimum Gasteiger partial charge on any atom is -0.493 e. The van der Waals surface area contributed by atoms with Crippen LogP contribution in [0.5, 0.6) is 11.5 Å². The predicted octanol–water partition coefficient (Wildman–Crippen LogP) is 4.55. The monoisotopic (exact) mass is 822 g/mol. The Morgan fingerprint density at radius 3 is 1.89 bits per heavy atom. The van der Waals surface area contributed by atoms with Crippen molar-refractivity contribution in [3.8, 4) is 11.5 Å². The van der Waals surface area contributed by atoms with Gasteiger partial charge in [-0.25, -0.2) is 9.59 Å². The number of hydrogen-bond donors (Lipinski definition) is 5. The zero-order chi connectivity index (χ0) is 44.3. The molecule has 19 nitrogen and oxygen atoms in total. The Morgan fingerprint density at radius 2 is 1.42 bits per heavy atom. The number of carbonyl (C=O) groups is 3. The van der Waals surface area contributed by atoms with Gasteiger partial charge < -0.3 is 66.2 Å². The SMILES string of the molecule is CC.CC.CC.CCCCOC(=O)C(CCCN=C(N)N)NC(=O)OC(C)c1cc(OC)c(OCCCC=O)cc1[N+](=O)[O-].NCCOCCOCCOCCN. The molecule has 0 heterocycles. The van der Waals surface area contributed by atoms with Crippen LogP contribution < -0.4 is 37.7 Å². The Kier molecular flexibility index (Phi) is 46.3. The molecule has 334 valence electrons. The van der Waals surface area contributed by atoms with Crippen LogP contribution in [0.25, 0.3) is 0 Å². The lowest BCUT2D eigenvalue weighted by molar-refractivity contribution is -0.386. The summed E-state index contributed by atoms with van der Waals surface area (Å²) >= 11 is 0. The van der Waals surface area contributed by atoms with Crippen molar-refractivity contribution in [3.63, 3.8) is 0 Å². The first-order chi connectivity index (χ1) is 27.6. The maximum Gasteiger partial charge on any atom is 0.408 e. The fraction of sp³-hybridized carbons (Fsp3) is 0.737. The minimum atomic E-state index is -1.09. The lowest BCUT2D eigenvalue weighted by atomic mass is 10.1. The summed E-state index contributed by atoms with van der Waals surface area (Å²) in [5, 5.41) is 14.2. The quantitative estimate of drug-likeness (QED) is 0.0147. The molecule has 0 aliphatic rings. The van der Waals surface area contributed by atoms with Crippen LogP contribution in [0.1, 0.15) is 106 Å². The maximum atomic E-state index is 12.7. The topological polar surface area (TPSA) is 287 Å². The third-order valence-electron chi connectivity index (χ3n) is 6.49. The Bertz CT molecular complexity index is 1150. The summed E-state index contributed by atoms with van der Waals surface area (Å²) < 4.78 is 36.8. The number of nitro benzene ring substituents is 1. The highest BCUT2D eigenvalue weighted by Gasteiger charge is 2.28. The molecule has 0 aromatic heterocycles. The van der Waals surface area contributed by atoms with Gasteiger partial charge in [0.1, 0.15) is 18.4 Å². The van der Waals surface area contributed by atoms with E-state index in [0.717, 1.165) is 12.7 Å². The second-order valence-electron chi connectivity index (χ2n) is 10.6. The Balaban J connectivity index is -0.000000617. The smallest absolute Gasteiger partial charge is 0.408 e. The van der Waals surface area contributed by atoms with E-state index in [1.165, 1.54) is 26.2 Å². The van der Waals surface area contributed by atoms with E-state index in [1.54, 1.807) is 0 Å². The van der Waals surface area contributed by atoms with Gasteiger partial charge in [-0.05, 0) is 38.7 Å². The molecule has 0 fully saturated rings. The molecule has 57 heavy (non-hydrogen) atoms. The van der Waals surface area contributed by atoms with Crippen molar-refractivity contribution >= 4 is 30.0 Å². The van der Waals surface area contributed by atoms with E-state index >= 15 is 0 Å². The van der Waals surface area contributed by atoms with Gasteiger partial charge in [0.05, 0.1) is 76.5 Å². The predicted molar refractivity (Wildman–Crippen MR) is 223 cm³/mol. The van der Waals surface area contributed by atoms with Gasteiger partial charge in [-0.1, -0.05) is 54.9 Å². The summed E-state index contributed by atoms with van der Waals surface area (Å²) in [6.07, 6.45) is 1.42. The van der Waals surface area contributed by atoms with Gasteiger partial charge in [-0.3, -0.25) is 15.1 Å². The number of unbranched alkanes of at least 4 members (excludes halogenated alkanes) is 2. The van der Waals surface area contributed by atoms with Crippen LogP contribution in [-0.2, 0) is 33.3 Å². The van der Waals surface area contributed by atoms with Crippen molar-refractivity contribution in [1.29, 1.82) is 0 Å². The molecule has 1 rings (SSSR count). The van der Waals surface area contributed by atoms with Crippen LogP contribution in [0.15, 0.2) is 17.1 Å². The zero-order valence-corrected chi connectivity index (χ0v) is 36.0. The molecular formula is C38H75N7O12. The molecule has 0 radical (unpaired) electrons. The van der Waals surface area contributed by atoms with Crippen molar-refractivity contribution in [2.75, 3.05) is 79.6 Å². The number of nitrogens with zero attached hydrogens (tertiary/aromatic N) is 2. The number of methoxy groups -OCH3 is 1. The Labute approximate surface area is 340 Å². The Morgan fingerprint density at radius 1 is 0.860 bits per heavy atom. The standard InChI is InChI=1S/C24H37N5O9.C8H20N2O3.3C2H6/c1-4-5-12-37-22(31)18(9-8-10-27-23(25)26)28-24(32)38-16(2)17-14-20(35-3)21(15-19(17)29(33)34)36-13-7-6-11-30;9-1-3-11-5-7-13-8-6-12-4-2-10;3*1-2/h11,14-16,18H,4-10,12-13H2,1-3H3,(H,28,32)(H4,25,26,27);1-10H2;3*1-2H3. The number of esters is 1. The molecule has 2 atom stereocenters. The molecule has 1 aromatic rings. The number of rotatable bonds is 28. The molecular weight excluding hydrogens is 746 g/mol. The van der Waals surface area contributed by atoms with Gasteiger partial charge in [0.2, 0.25) is 0 Å². The number of aldehydes is 1. The van der Waals surface area contributed by atoms with Gasteiger partial charge in [-0.2, -0.15) is 0 Å². The summed E-state index contributed by atoms with van der Waals surface area (Å²) in [5.74, 6) is -0.440. The summed E-state index contributed by atoms with van der Waals surface area (Å²) in [6, 6.07) is 1.48. The van der Waals surface area contributed by atoms with Crippen LogP contribution in [0.3, 0.4) is 0 Å². The number of hydrogen-bond acceptors (Lipinski definition) is 15. The summed E-state index contributed by atoms with van der Waals surface area (Å²) in [5.41, 5.74) is 20.8. The van der Waals surface area contributed by atoms with Gasteiger partial charge in [0.15, 0.2) is 17.5 Å². The second kappa shape index (κ2) is 44.4. The average Bonchev–Trinajstić information content (AvgIpc) is 3.22. The van der Waals surface area contributed by atoms with Crippen molar-refractivity contribution in [3.05, 3.63) is 27.8 Å². The van der Waals surface area contributed by atoms with Crippen molar-refractivity contribution in [2.24, 2.45) is 27.9 Å². The summed E-state index contributed by atoms with van der Waals surface area (Å²) in [6.45, 7) is 20.6. The minimum absolute atomic E-state index is 0.0528. The first-order valence-corrected chi connectivity index (χ1v) is 19.8. The molecule has 9 N–H and O–H groups in total. The molecule has 0 aliphatic carbocycles. The molecule has 1 aromatic carbocycles. The van der Waals surface area contributed by atoms with Gasteiger partial charge >= 0.3 is 12.1 Å². The molecule has 1 amide bonds. The van der Waals surface area contributed by atoms with E-state index in [1.807, 2.05) is 48.5 Å². The van der Waals surface area contributed by atoms with Crippen LogP contribution in [-0.4, -0.2) is 115 Å². The van der Waals surface area contributed by atoms with Crippen LogP contribution >= 0.6 is 0 Å². The number of ether oxygens (including phenoxy) is 7. The fourth-order valence-electron chi connectivity index (χ4n) is 3.95.